The van der Waals surface area contributed by atoms with Gasteiger partial charge < -0.3 is 4.74 Å². The topological polar surface area (TPSA) is 41.9 Å². The monoisotopic (exact) mass is 650 g/mol. The number of thioether (sulfide) groups is 1. The van der Waals surface area contributed by atoms with Crippen molar-refractivity contribution < 1.29 is 13.9 Å². The fraction of sp³-hybridized carbons (Fsp3) is 0.185. The smallest absolute Gasteiger partial charge is 0.266 e. The van der Waals surface area contributed by atoms with Gasteiger partial charge >= 0.3 is 0 Å². The lowest BCUT2D eigenvalue weighted by Gasteiger charge is -2.17. The van der Waals surface area contributed by atoms with Crippen LogP contribution in [0.3, 0.4) is 0 Å². The lowest BCUT2D eigenvalue weighted by Crippen LogP contribution is -2.32. The van der Waals surface area contributed by atoms with E-state index in [2.05, 4.69) is 45.7 Å². The van der Waals surface area contributed by atoms with Crippen molar-refractivity contribution in [1.29, 1.82) is 0 Å². The van der Waals surface area contributed by atoms with Crippen molar-refractivity contribution in [3.05, 3.63) is 96.5 Å². The molecule has 1 fully saturated rings. The molecule has 9 heteroatoms. The number of amides is 1. The highest BCUT2D eigenvalue weighted by Crippen LogP contribution is 2.39. The van der Waals surface area contributed by atoms with Gasteiger partial charge in [0.2, 0.25) is 0 Å². The highest BCUT2D eigenvalue weighted by atomic mass is 79.9. The highest BCUT2D eigenvalue weighted by Gasteiger charge is 2.33. The van der Waals surface area contributed by atoms with E-state index in [1.807, 2.05) is 30.3 Å². The lowest BCUT2D eigenvalue weighted by atomic mass is 10.2. The van der Waals surface area contributed by atoms with Gasteiger partial charge in [-0.05, 0) is 115 Å². The second-order valence-electron chi connectivity index (χ2n) is 8.52. The Morgan fingerprint density at radius 3 is 2.33 bits per heavy atom. The van der Waals surface area contributed by atoms with Crippen LogP contribution in [0.25, 0.3) is 6.08 Å². The number of rotatable bonds is 7. The van der Waals surface area contributed by atoms with Crippen molar-refractivity contribution in [3.63, 3.8) is 0 Å². The van der Waals surface area contributed by atoms with Crippen LogP contribution in [0.15, 0.2) is 79.5 Å². The van der Waals surface area contributed by atoms with Gasteiger partial charge in [-0.3, -0.25) is 9.69 Å². The highest BCUT2D eigenvalue weighted by molar-refractivity contribution is 9.11. The molecule has 0 unspecified atom stereocenters. The molecule has 3 aromatic rings. The van der Waals surface area contributed by atoms with E-state index in [-0.39, 0.29) is 17.6 Å². The summed E-state index contributed by atoms with van der Waals surface area (Å²) in [6.45, 7) is 5.00. The summed E-state index contributed by atoms with van der Waals surface area (Å²) in [6.07, 6.45) is 1.85. The molecule has 0 atom stereocenters. The number of benzene rings is 3. The predicted octanol–water partition coefficient (Wildman–Crippen LogP) is 8.84. The first-order valence-corrected chi connectivity index (χ1v) is 13.9. The number of aliphatic imine (C=N–C) groups is 1. The number of carbonyl (C=O) groups is 1. The van der Waals surface area contributed by atoms with Crippen LogP contribution in [0.5, 0.6) is 5.75 Å². The number of amidine groups is 1. The molecule has 0 spiro atoms. The Bertz CT molecular complexity index is 1310. The number of halogens is 4. The van der Waals surface area contributed by atoms with Crippen molar-refractivity contribution in [2.75, 3.05) is 6.54 Å². The van der Waals surface area contributed by atoms with Gasteiger partial charge in [0.15, 0.2) is 5.17 Å². The number of hydrogen-bond acceptors (Lipinski definition) is 4. The van der Waals surface area contributed by atoms with Crippen LogP contribution in [0.1, 0.15) is 25.0 Å². The molecule has 1 aliphatic rings. The number of carbonyl (C=O) groups excluding carboxylic acids is 1. The van der Waals surface area contributed by atoms with E-state index in [1.165, 1.54) is 23.9 Å². The van der Waals surface area contributed by atoms with Crippen LogP contribution in [0, 0.1) is 11.7 Å². The minimum absolute atomic E-state index is 0.0784. The quantitative estimate of drug-likeness (QED) is 0.240. The van der Waals surface area contributed by atoms with Crippen LogP contribution in [0.4, 0.5) is 10.1 Å². The van der Waals surface area contributed by atoms with Gasteiger partial charge in [-0.25, -0.2) is 9.38 Å². The van der Waals surface area contributed by atoms with Crippen molar-refractivity contribution in [2.24, 2.45) is 10.9 Å². The molecule has 0 saturated carbocycles. The molecule has 3 aromatic carbocycles. The third-order valence-electron chi connectivity index (χ3n) is 5.10. The van der Waals surface area contributed by atoms with Gasteiger partial charge in [0.25, 0.3) is 5.91 Å². The average molecular weight is 653 g/mol. The number of hydrogen-bond donors (Lipinski definition) is 0. The van der Waals surface area contributed by atoms with E-state index in [0.29, 0.717) is 34.0 Å². The molecule has 0 aromatic heterocycles. The van der Waals surface area contributed by atoms with Crippen LogP contribution in [0.2, 0.25) is 5.02 Å². The molecule has 4 rings (SSSR count). The summed E-state index contributed by atoms with van der Waals surface area (Å²) in [5.41, 5.74) is 2.42. The third kappa shape index (κ3) is 6.79. The Morgan fingerprint density at radius 2 is 1.72 bits per heavy atom. The van der Waals surface area contributed by atoms with E-state index in [9.17, 15) is 9.18 Å². The summed E-state index contributed by atoms with van der Waals surface area (Å²) in [5, 5.41) is 1.27. The van der Waals surface area contributed by atoms with Gasteiger partial charge in [-0.2, -0.15) is 0 Å². The average Bonchev–Trinajstić information content (AvgIpc) is 3.09. The summed E-state index contributed by atoms with van der Waals surface area (Å²) >= 11 is 14.5. The van der Waals surface area contributed by atoms with E-state index in [1.54, 1.807) is 29.2 Å². The van der Waals surface area contributed by atoms with Crippen LogP contribution >= 0.6 is 55.2 Å². The molecule has 186 valence electrons. The summed E-state index contributed by atoms with van der Waals surface area (Å²) in [5.74, 6) is 0.542. The molecular formula is C27H22Br2ClFN2O2S. The fourth-order valence-electron chi connectivity index (χ4n) is 3.43. The number of nitrogens with zero attached hydrogens (tertiary/aromatic N) is 2. The molecule has 0 radical (unpaired) electrons. The summed E-state index contributed by atoms with van der Waals surface area (Å²) in [6, 6.07) is 17.2. The largest absolute Gasteiger partial charge is 0.487 e. The maximum atomic E-state index is 13.3. The van der Waals surface area contributed by atoms with Crippen molar-refractivity contribution in [3.8, 4) is 5.75 Å². The SMILES string of the molecule is CC(C)CN1C(=O)/C(=C/c2cc(Br)c(OCc3ccc(F)cc3)c(Br)c2)SC1=Nc1ccc(Cl)cc1. The van der Waals surface area contributed by atoms with E-state index < -0.39 is 0 Å². The van der Waals surface area contributed by atoms with Gasteiger partial charge in [-0.1, -0.05) is 37.6 Å². The molecule has 1 amide bonds. The van der Waals surface area contributed by atoms with E-state index in [4.69, 9.17) is 21.3 Å². The van der Waals surface area contributed by atoms with Gasteiger partial charge in [0, 0.05) is 11.6 Å². The van der Waals surface area contributed by atoms with Gasteiger partial charge in [0.1, 0.15) is 18.2 Å². The first-order chi connectivity index (χ1) is 17.2. The van der Waals surface area contributed by atoms with Gasteiger partial charge in [0.05, 0.1) is 19.5 Å². The van der Waals surface area contributed by atoms with E-state index >= 15 is 0 Å². The predicted molar refractivity (Wildman–Crippen MR) is 153 cm³/mol. The van der Waals surface area contributed by atoms with Crippen molar-refractivity contribution in [2.45, 2.75) is 20.5 Å². The molecular weight excluding hydrogens is 631 g/mol. The fourth-order valence-corrected chi connectivity index (χ4v) is 6.02. The van der Waals surface area contributed by atoms with Gasteiger partial charge in [-0.15, -0.1) is 0 Å². The lowest BCUT2D eigenvalue weighted by molar-refractivity contribution is -0.122. The summed E-state index contributed by atoms with van der Waals surface area (Å²) in [7, 11) is 0. The molecule has 4 nitrogen and oxygen atoms in total. The molecule has 1 saturated heterocycles. The molecule has 0 N–H and O–H groups in total. The van der Waals surface area contributed by atoms with Crippen LogP contribution < -0.4 is 4.74 Å². The van der Waals surface area contributed by atoms with Crippen molar-refractivity contribution >= 4 is 78.1 Å². The van der Waals surface area contributed by atoms with Crippen LogP contribution in [-0.2, 0) is 11.4 Å². The first-order valence-electron chi connectivity index (χ1n) is 11.1. The molecule has 0 aliphatic carbocycles. The summed E-state index contributed by atoms with van der Waals surface area (Å²) < 4.78 is 20.6. The normalized spacial score (nSPS) is 16.0. The molecule has 0 bridgehead atoms. The first kappa shape index (κ1) is 26.9. The Kier molecular flexibility index (Phi) is 8.93. The Labute approximate surface area is 235 Å². The summed E-state index contributed by atoms with van der Waals surface area (Å²) in [4.78, 5) is 20.3. The Balaban J connectivity index is 1.57. The maximum absolute atomic E-state index is 13.3. The maximum Gasteiger partial charge on any atom is 0.266 e. The van der Waals surface area contributed by atoms with Crippen molar-refractivity contribution in [1.82, 2.24) is 4.90 Å². The number of ether oxygens (including phenoxy) is 1. The van der Waals surface area contributed by atoms with Crippen LogP contribution in [-0.4, -0.2) is 22.5 Å². The third-order valence-corrected chi connectivity index (χ3v) is 7.54. The minimum Gasteiger partial charge on any atom is -0.487 e. The van der Waals surface area contributed by atoms with E-state index in [0.717, 1.165) is 25.8 Å². The molecule has 1 heterocycles. The zero-order valence-corrected chi connectivity index (χ0v) is 24.2. The molecule has 1 aliphatic heterocycles. The Hall–Kier alpha value is -2.13. The molecule has 36 heavy (non-hydrogen) atoms. The standard InChI is InChI=1S/C27H22Br2ClFN2O2S/c1-16(2)14-33-26(34)24(36-27(33)32-21-9-5-19(30)6-10-21)13-18-11-22(28)25(23(29)12-18)35-15-17-3-7-20(31)8-4-17/h3-13,16H,14-15H2,1-2H3/b24-13-,32-27?. The second kappa shape index (κ2) is 11.9. The second-order valence-corrected chi connectivity index (χ2v) is 11.7. The zero-order chi connectivity index (χ0) is 25.8. The zero-order valence-electron chi connectivity index (χ0n) is 19.5. The Morgan fingerprint density at radius 1 is 1.08 bits per heavy atom. The minimum atomic E-state index is -0.286.